The fraction of sp³-hybridized carbons (Fsp3) is 0.615. The zero-order valence-corrected chi connectivity index (χ0v) is 11.0. The lowest BCUT2D eigenvalue weighted by Gasteiger charge is -2.43. The van der Waals surface area contributed by atoms with Crippen LogP contribution >= 0.6 is 0 Å². The summed E-state index contributed by atoms with van der Waals surface area (Å²) in [5, 5.41) is 6.62. The van der Waals surface area contributed by atoms with Crippen LogP contribution in [-0.2, 0) is 0 Å². The van der Waals surface area contributed by atoms with Crippen LogP contribution in [0.5, 0.6) is 5.88 Å². The minimum absolute atomic E-state index is 0.132. The molecular formula is C13H18N4O2. The first kappa shape index (κ1) is 12.3. The van der Waals surface area contributed by atoms with E-state index in [0.717, 1.165) is 25.8 Å². The number of methoxy groups -OCH3 is 1. The summed E-state index contributed by atoms with van der Waals surface area (Å²) in [5.74, 6) is 0.253. The van der Waals surface area contributed by atoms with Gasteiger partial charge in [0.1, 0.15) is 12.0 Å². The van der Waals surface area contributed by atoms with Crippen LogP contribution < -0.4 is 15.4 Å². The normalized spacial score (nSPS) is 23.9. The van der Waals surface area contributed by atoms with Crippen molar-refractivity contribution in [2.75, 3.05) is 13.7 Å². The Morgan fingerprint density at radius 2 is 2.37 bits per heavy atom. The molecule has 6 nitrogen and oxygen atoms in total. The zero-order valence-electron chi connectivity index (χ0n) is 11.0. The summed E-state index contributed by atoms with van der Waals surface area (Å²) in [7, 11) is 1.52. The van der Waals surface area contributed by atoms with Crippen LogP contribution in [-0.4, -0.2) is 41.1 Å². The number of ether oxygens (including phenoxy) is 1. The van der Waals surface area contributed by atoms with Gasteiger partial charge < -0.3 is 15.4 Å². The first-order valence-electron chi connectivity index (χ1n) is 6.65. The lowest BCUT2D eigenvalue weighted by molar-refractivity contribution is 0.0876. The summed E-state index contributed by atoms with van der Waals surface area (Å²) in [6, 6.07) is 1.76. The molecule has 102 valence electrons. The quantitative estimate of drug-likeness (QED) is 0.829. The van der Waals surface area contributed by atoms with E-state index < -0.39 is 0 Å². The highest BCUT2D eigenvalue weighted by Crippen LogP contribution is 2.39. The molecule has 0 bridgehead atoms. The molecule has 2 heterocycles. The van der Waals surface area contributed by atoms with Crippen LogP contribution in [0.4, 0.5) is 0 Å². The van der Waals surface area contributed by atoms with E-state index in [9.17, 15) is 4.79 Å². The van der Waals surface area contributed by atoms with Crippen molar-refractivity contribution in [1.82, 2.24) is 20.6 Å². The molecule has 1 saturated heterocycles. The van der Waals surface area contributed by atoms with E-state index in [0.29, 0.717) is 11.6 Å². The third kappa shape index (κ3) is 2.16. The van der Waals surface area contributed by atoms with Crippen LogP contribution in [0.3, 0.4) is 0 Å². The monoisotopic (exact) mass is 262 g/mol. The van der Waals surface area contributed by atoms with E-state index >= 15 is 0 Å². The van der Waals surface area contributed by atoms with E-state index in [-0.39, 0.29) is 17.5 Å². The van der Waals surface area contributed by atoms with Crippen molar-refractivity contribution in [2.45, 2.75) is 37.3 Å². The van der Waals surface area contributed by atoms with Crippen molar-refractivity contribution in [2.24, 2.45) is 0 Å². The van der Waals surface area contributed by atoms with Gasteiger partial charge in [-0.15, -0.1) is 0 Å². The van der Waals surface area contributed by atoms with Gasteiger partial charge in [0.2, 0.25) is 5.88 Å². The highest BCUT2D eigenvalue weighted by Gasteiger charge is 2.47. The van der Waals surface area contributed by atoms with Gasteiger partial charge in [-0.2, -0.15) is 0 Å². The number of nitrogens with zero attached hydrogens (tertiary/aromatic N) is 2. The third-order valence-corrected chi connectivity index (χ3v) is 4.21. The highest BCUT2D eigenvalue weighted by atomic mass is 16.5. The first-order valence-corrected chi connectivity index (χ1v) is 6.65. The summed E-state index contributed by atoms with van der Waals surface area (Å²) in [6.07, 6.45) is 5.85. The minimum Gasteiger partial charge on any atom is -0.481 e. The molecule has 1 aromatic heterocycles. The molecule has 1 amide bonds. The summed E-state index contributed by atoms with van der Waals surface area (Å²) in [5.41, 5.74) is 0.487. The molecule has 2 fully saturated rings. The lowest BCUT2D eigenvalue weighted by atomic mass is 9.73. The van der Waals surface area contributed by atoms with Crippen LogP contribution in [0.2, 0.25) is 0 Å². The standard InChI is InChI=1S/C13H18N4O2/c1-19-11-7-9(14-8-15-11)12(18)17-10-3-6-16-13(10)4-2-5-13/h7-8,10,16H,2-6H2,1H3,(H,17,18). The maximum Gasteiger partial charge on any atom is 0.270 e. The molecule has 6 heteroatoms. The second kappa shape index (κ2) is 4.77. The molecular weight excluding hydrogens is 244 g/mol. The van der Waals surface area contributed by atoms with Crippen LogP contribution in [0.25, 0.3) is 0 Å². The molecule has 0 aromatic carbocycles. The van der Waals surface area contributed by atoms with Gasteiger partial charge >= 0.3 is 0 Å². The van der Waals surface area contributed by atoms with E-state index in [1.165, 1.54) is 19.9 Å². The number of rotatable bonds is 3. The Labute approximate surface area is 112 Å². The SMILES string of the molecule is COc1cc(C(=O)NC2CCNC23CCC3)ncn1. The Balaban J connectivity index is 1.70. The van der Waals surface area contributed by atoms with Gasteiger partial charge in [-0.1, -0.05) is 0 Å². The molecule has 1 spiro atoms. The summed E-state index contributed by atoms with van der Waals surface area (Å²) in [6.45, 7) is 0.970. The van der Waals surface area contributed by atoms with Gasteiger partial charge in [0.25, 0.3) is 5.91 Å². The Morgan fingerprint density at radius 1 is 1.53 bits per heavy atom. The predicted molar refractivity (Wildman–Crippen MR) is 69.0 cm³/mol. The topological polar surface area (TPSA) is 76.1 Å². The van der Waals surface area contributed by atoms with Gasteiger partial charge in [0.05, 0.1) is 7.11 Å². The fourth-order valence-electron chi connectivity index (χ4n) is 2.97. The van der Waals surface area contributed by atoms with E-state index in [4.69, 9.17) is 4.74 Å². The van der Waals surface area contributed by atoms with E-state index in [1.54, 1.807) is 6.07 Å². The molecule has 1 aromatic rings. The van der Waals surface area contributed by atoms with Gasteiger partial charge in [0.15, 0.2) is 0 Å². The van der Waals surface area contributed by atoms with Crippen LogP contribution in [0.15, 0.2) is 12.4 Å². The van der Waals surface area contributed by atoms with Crippen LogP contribution in [0.1, 0.15) is 36.2 Å². The van der Waals surface area contributed by atoms with Crippen molar-refractivity contribution in [3.05, 3.63) is 18.1 Å². The summed E-state index contributed by atoms with van der Waals surface area (Å²) in [4.78, 5) is 20.1. The number of amides is 1. The number of carbonyl (C=O) groups excluding carboxylic acids is 1. The Kier molecular flexibility index (Phi) is 3.10. The molecule has 2 aliphatic rings. The molecule has 19 heavy (non-hydrogen) atoms. The van der Waals surface area contributed by atoms with Crippen molar-refractivity contribution in [3.8, 4) is 5.88 Å². The second-order valence-corrected chi connectivity index (χ2v) is 5.20. The Bertz CT molecular complexity index is 487. The van der Waals surface area contributed by atoms with Crippen molar-refractivity contribution in [3.63, 3.8) is 0 Å². The maximum atomic E-state index is 12.2. The average Bonchev–Trinajstić information content (AvgIpc) is 2.82. The smallest absolute Gasteiger partial charge is 0.270 e. The zero-order chi connectivity index (χ0) is 13.3. The molecule has 1 atom stereocenters. The van der Waals surface area contributed by atoms with Gasteiger partial charge in [0, 0.05) is 17.6 Å². The Morgan fingerprint density at radius 3 is 3.05 bits per heavy atom. The van der Waals surface area contributed by atoms with E-state index in [1.807, 2.05) is 0 Å². The molecule has 1 aliphatic heterocycles. The largest absolute Gasteiger partial charge is 0.481 e. The fourth-order valence-corrected chi connectivity index (χ4v) is 2.97. The Hall–Kier alpha value is -1.69. The van der Waals surface area contributed by atoms with E-state index in [2.05, 4.69) is 20.6 Å². The molecule has 1 saturated carbocycles. The molecule has 3 rings (SSSR count). The second-order valence-electron chi connectivity index (χ2n) is 5.20. The van der Waals surface area contributed by atoms with Gasteiger partial charge in [-0.25, -0.2) is 9.97 Å². The average molecular weight is 262 g/mol. The first-order chi connectivity index (χ1) is 9.23. The number of hydrogen-bond acceptors (Lipinski definition) is 5. The third-order valence-electron chi connectivity index (χ3n) is 4.21. The van der Waals surface area contributed by atoms with Crippen molar-refractivity contribution >= 4 is 5.91 Å². The minimum atomic E-state index is -0.152. The molecule has 0 radical (unpaired) electrons. The highest BCUT2D eigenvalue weighted by molar-refractivity contribution is 5.92. The lowest BCUT2D eigenvalue weighted by Crippen LogP contribution is -2.59. The van der Waals surface area contributed by atoms with Crippen molar-refractivity contribution < 1.29 is 9.53 Å². The number of nitrogens with one attached hydrogen (secondary N) is 2. The number of carbonyl (C=O) groups is 1. The maximum absolute atomic E-state index is 12.2. The van der Waals surface area contributed by atoms with Gasteiger partial charge in [-0.05, 0) is 32.2 Å². The molecule has 2 N–H and O–H groups in total. The van der Waals surface area contributed by atoms with Crippen molar-refractivity contribution in [1.29, 1.82) is 0 Å². The number of hydrogen-bond donors (Lipinski definition) is 2. The summed E-state index contributed by atoms with van der Waals surface area (Å²) < 4.78 is 5.00. The van der Waals surface area contributed by atoms with Crippen LogP contribution in [0, 0.1) is 0 Å². The molecule has 1 aliphatic carbocycles. The summed E-state index contributed by atoms with van der Waals surface area (Å²) >= 11 is 0. The predicted octanol–water partition coefficient (Wildman–Crippen LogP) is 0.500. The van der Waals surface area contributed by atoms with Gasteiger partial charge in [-0.3, -0.25) is 4.79 Å². The number of aromatic nitrogens is 2. The molecule has 1 unspecified atom stereocenters.